The molecule has 0 bridgehead atoms. The summed E-state index contributed by atoms with van der Waals surface area (Å²) in [7, 11) is 0. The molecule has 2 rings (SSSR count). The van der Waals surface area contributed by atoms with E-state index in [4.69, 9.17) is 5.11 Å². The Balaban J connectivity index is 0.00000220. The lowest BCUT2D eigenvalue weighted by Gasteiger charge is -2.08. The lowest BCUT2D eigenvalue weighted by Crippen LogP contribution is -2.19. The van der Waals surface area contributed by atoms with Crippen LogP contribution in [0.2, 0.25) is 0 Å². The fourth-order valence-corrected chi connectivity index (χ4v) is 2.28. The molecule has 5 nitrogen and oxygen atoms in total. The molecule has 1 aromatic heterocycles. The van der Waals surface area contributed by atoms with Crippen LogP contribution in [0.25, 0.3) is 10.9 Å². The van der Waals surface area contributed by atoms with Crippen LogP contribution in [0.15, 0.2) is 29.1 Å². The van der Waals surface area contributed by atoms with E-state index >= 15 is 0 Å². The Hall–Kier alpha value is -1.56. The van der Waals surface area contributed by atoms with Crippen LogP contribution in [-0.4, -0.2) is 34.9 Å². The SMILES string of the molecule is Cl.O=c1ccc2c(CCCCNCCO)ccc(O)c2[nH]1. The molecule has 0 aliphatic carbocycles. The van der Waals surface area contributed by atoms with Gasteiger partial charge in [0.2, 0.25) is 5.56 Å². The molecule has 21 heavy (non-hydrogen) atoms. The number of rotatable bonds is 7. The Labute approximate surface area is 129 Å². The van der Waals surface area contributed by atoms with Crippen LogP contribution in [-0.2, 0) is 6.42 Å². The third-order valence-electron chi connectivity index (χ3n) is 3.30. The first-order valence-electron chi connectivity index (χ1n) is 6.88. The number of aliphatic hydroxyl groups is 1. The number of fused-ring (bicyclic) bond motifs is 1. The van der Waals surface area contributed by atoms with Gasteiger partial charge in [0.25, 0.3) is 0 Å². The van der Waals surface area contributed by atoms with Gasteiger partial charge in [-0.2, -0.15) is 0 Å². The van der Waals surface area contributed by atoms with Gasteiger partial charge in [0, 0.05) is 18.0 Å². The van der Waals surface area contributed by atoms with Crippen LogP contribution >= 0.6 is 12.4 Å². The Morgan fingerprint density at radius 2 is 1.90 bits per heavy atom. The van der Waals surface area contributed by atoms with Gasteiger partial charge in [-0.05, 0) is 43.5 Å². The van der Waals surface area contributed by atoms with Gasteiger partial charge < -0.3 is 20.5 Å². The summed E-state index contributed by atoms with van der Waals surface area (Å²) in [5.41, 5.74) is 1.42. The quantitative estimate of drug-likeness (QED) is 0.585. The number of halogens is 1. The van der Waals surface area contributed by atoms with Crippen molar-refractivity contribution in [3.05, 3.63) is 40.2 Å². The molecule has 0 spiro atoms. The third-order valence-corrected chi connectivity index (χ3v) is 3.30. The number of hydrogen-bond acceptors (Lipinski definition) is 4. The summed E-state index contributed by atoms with van der Waals surface area (Å²) in [5, 5.41) is 22.5. The Kier molecular flexibility index (Phi) is 7.22. The molecule has 1 aromatic carbocycles. The van der Waals surface area contributed by atoms with Gasteiger partial charge in [0.15, 0.2) is 0 Å². The van der Waals surface area contributed by atoms with Gasteiger partial charge in [0.05, 0.1) is 12.1 Å². The highest BCUT2D eigenvalue weighted by Gasteiger charge is 2.06. The van der Waals surface area contributed by atoms with Gasteiger partial charge in [-0.15, -0.1) is 12.4 Å². The van der Waals surface area contributed by atoms with E-state index < -0.39 is 0 Å². The van der Waals surface area contributed by atoms with Crippen LogP contribution in [0.4, 0.5) is 0 Å². The predicted octanol–water partition coefficient (Wildman–Crippen LogP) is 1.56. The minimum atomic E-state index is -0.210. The Morgan fingerprint density at radius 3 is 2.67 bits per heavy atom. The number of hydrogen-bond donors (Lipinski definition) is 4. The molecule has 2 aromatic rings. The maximum absolute atomic E-state index is 11.3. The van der Waals surface area contributed by atoms with E-state index in [2.05, 4.69) is 10.3 Å². The van der Waals surface area contributed by atoms with Gasteiger partial charge in [-0.1, -0.05) is 6.07 Å². The first kappa shape index (κ1) is 17.5. The van der Waals surface area contributed by atoms with Crippen molar-refractivity contribution >= 4 is 23.3 Å². The van der Waals surface area contributed by atoms with Crippen molar-refractivity contribution in [2.45, 2.75) is 19.3 Å². The van der Waals surface area contributed by atoms with E-state index in [1.807, 2.05) is 6.07 Å². The minimum Gasteiger partial charge on any atom is -0.506 e. The van der Waals surface area contributed by atoms with Crippen LogP contribution in [0.1, 0.15) is 18.4 Å². The predicted molar refractivity (Wildman–Crippen MR) is 86.4 cm³/mol. The summed E-state index contributed by atoms with van der Waals surface area (Å²) in [6, 6.07) is 6.76. The van der Waals surface area contributed by atoms with E-state index in [0.29, 0.717) is 12.1 Å². The standard InChI is InChI=1S/C15H20N2O3.ClH/c18-10-9-16-8-2-1-3-11-4-6-13(19)15-12(11)5-7-14(20)17-15;/h4-7,16,18-19H,1-3,8-10H2,(H,17,20);1H. The fraction of sp³-hybridized carbons (Fsp3) is 0.400. The molecule has 0 saturated carbocycles. The van der Waals surface area contributed by atoms with E-state index in [1.54, 1.807) is 12.1 Å². The van der Waals surface area contributed by atoms with E-state index in [-0.39, 0.29) is 30.3 Å². The largest absolute Gasteiger partial charge is 0.506 e. The van der Waals surface area contributed by atoms with Crippen molar-refractivity contribution in [3.8, 4) is 5.75 Å². The van der Waals surface area contributed by atoms with Gasteiger partial charge in [0.1, 0.15) is 5.75 Å². The number of aromatic amines is 1. The van der Waals surface area contributed by atoms with E-state index in [9.17, 15) is 9.90 Å². The van der Waals surface area contributed by atoms with Crippen molar-refractivity contribution in [2.75, 3.05) is 19.7 Å². The summed E-state index contributed by atoms with van der Waals surface area (Å²) in [4.78, 5) is 14.0. The number of aryl methyl sites for hydroxylation is 1. The highest BCUT2D eigenvalue weighted by Crippen LogP contribution is 2.25. The smallest absolute Gasteiger partial charge is 0.248 e. The lowest BCUT2D eigenvalue weighted by atomic mass is 10.0. The van der Waals surface area contributed by atoms with Crippen molar-refractivity contribution < 1.29 is 10.2 Å². The number of phenols is 1. The molecule has 0 aliphatic heterocycles. The molecule has 116 valence electrons. The lowest BCUT2D eigenvalue weighted by molar-refractivity contribution is 0.292. The maximum Gasteiger partial charge on any atom is 0.248 e. The summed E-state index contributed by atoms with van der Waals surface area (Å²) < 4.78 is 0. The van der Waals surface area contributed by atoms with Crippen LogP contribution in [0, 0.1) is 0 Å². The molecule has 0 radical (unpaired) electrons. The fourth-order valence-electron chi connectivity index (χ4n) is 2.28. The van der Waals surface area contributed by atoms with Crippen molar-refractivity contribution in [1.29, 1.82) is 0 Å². The monoisotopic (exact) mass is 312 g/mol. The molecule has 0 fully saturated rings. The summed E-state index contributed by atoms with van der Waals surface area (Å²) in [6.45, 7) is 1.67. The third kappa shape index (κ3) is 4.74. The summed E-state index contributed by atoms with van der Waals surface area (Å²) >= 11 is 0. The number of pyridine rings is 1. The number of nitrogens with one attached hydrogen (secondary N) is 2. The van der Waals surface area contributed by atoms with Gasteiger partial charge in [-0.25, -0.2) is 0 Å². The summed E-state index contributed by atoms with van der Waals surface area (Å²) in [5.74, 6) is 0.103. The van der Waals surface area contributed by atoms with Crippen molar-refractivity contribution in [2.24, 2.45) is 0 Å². The number of unbranched alkanes of at least 4 members (excludes halogenated alkanes) is 1. The molecule has 0 amide bonds. The molecule has 6 heteroatoms. The van der Waals surface area contributed by atoms with E-state index in [1.165, 1.54) is 6.07 Å². The number of aromatic nitrogens is 1. The Morgan fingerprint density at radius 1 is 1.10 bits per heavy atom. The first-order chi connectivity index (χ1) is 9.72. The zero-order valence-corrected chi connectivity index (χ0v) is 12.6. The van der Waals surface area contributed by atoms with Crippen LogP contribution in [0.5, 0.6) is 5.75 Å². The van der Waals surface area contributed by atoms with Crippen molar-refractivity contribution in [3.63, 3.8) is 0 Å². The average Bonchev–Trinajstić information content (AvgIpc) is 2.45. The number of aromatic hydroxyl groups is 1. The second-order valence-corrected chi connectivity index (χ2v) is 4.79. The number of aliphatic hydroxyl groups excluding tert-OH is 1. The number of phenolic OH excluding ortho intramolecular Hbond substituents is 1. The van der Waals surface area contributed by atoms with Crippen LogP contribution < -0.4 is 10.9 Å². The number of benzene rings is 1. The topological polar surface area (TPSA) is 85.3 Å². The Bertz CT molecular complexity index is 628. The second-order valence-electron chi connectivity index (χ2n) is 4.79. The zero-order valence-electron chi connectivity index (χ0n) is 11.8. The molecule has 4 N–H and O–H groups in total. The average molecular weight is 313 g/mol. The summed E-state index contributed by atoms with van der Waals surface area (Å²) in [6.07, 6.45) is 2.92. The van der Waals surface area contributed by atoms with Crippen molar-refractivity contribution in [1.82, 2.24) is 10.3 Å². The van der Waals surface area contributed by atoms with Gasteiger partial charge in [-0.3, -0.25) is 4.79 Å². The zero-order chi connectivity index (χ0) is 14.4. The van der Waals surface area contributed by atoms with Gasteiger partial charge >= 0.3 is 0 Å². The molecule has 0 saturated heterocycles. The molecular formula is C15H21ClN2O3. The molecular weight excluding hydrogens is 292 g/mol. The molecule has 0 atom stereocenters. The molecule has 1 heterocycles. The van der Waals surface area contributed by atoms with Crippen LogP contribution in [0.3, 0.4) is 0 Å². The minimum absolute atomic E-state index is 0. The highest BCUT2D eigenvalue weighted by molar-refractivity contribution is 5.87. The normalized spacial score (nSPS) is 10.5. The maximum atomic E-state index is 11.3. The molecule has 0 unspecified atom stereocenters. The highest BCUT2D eigenvalue weighted by atomic mass is 35.5. The first-order valence-corrected chi connectivity index (χ1v) is 6.88. The van der Waals surface area contributed by atoms with E-state index in [0.717, 1.165) is 36.8 Å². The molecule has 0 aliphatic rings. The number of H-pyrrole nitrogens is 1. The second kappa shape index (κ2) is 8.67.